The number of sulfonamides is 1. The van der Waals surface area contributed by atoms with E-state index in [1.165, 1.54) is 0 Å². The number of hydrogen-bond donors (Lipinski definition) is 0. The van der Waals surface area contributed by atoms with Gasteiger partial charge in [0.2, 0.25) is 15.9 Å². The fourth-order valence-corrected chi connectivity index (χ4v) is 3.25. The minimum atomic E-state index is -3.57. The topological polar surface area (TPSA) is 79.8 Å². The average molecular weight is 327 g/mol. The van der Waals surface area contributed by atoms with Crippen LogP contribution in [0.5, 0.6) is 0 Å². The van der Waals surface area contributed by atoms with Gasteiger partial charge in [-0.3, -0.25) is 14.1 Å². The summed E-state index contributed by atoms with van der Waals surface area (Å²) in [6, 6.07) is 3.42. The molecule has 0 radical (unpaired) electrons. The zero-order valence-corrected chi connectivity index (χ0v) is 13.9. The van der Waals surface area contributed by atoms with Crippen LogP contribution in [0.15, 0.2) is 12.1 Å². The monoisotopic (exact) mass is 327 g/mol. The van der Waals surface area contributed by atoms with Gasteiger partial charge < -0.3 is 9.64 Å². The molecule has 0 N–H and O–H groups in total. The molecule has 7 nitrogen and oxygen atoms in total. The van der Waals surface area contributed by atoms with Crippen LogP contribution in [0.1, 0.15) is 11.4 Å². The summed E-state index contributed by atoms with van der Waals surface area (Å²) in [5, 5.41) is 0. The van der Waals surface area contributed by atoms with Gasteiger partial charge in [0, 0.05) is 18.8 Å². The number of ether oxygens (including phenoxy) is 1. The molecule has 1 aliphatic heterocycles. The largest absolute Gasteiger partial charge is 0.378 e. The van der Waals surface area contributed by atoms with Crippen molar-refractivity contribution in [1.29, 1.82) is 0 Å². The highest BCUT2D eigenvalue weighted by molar-refractivity contribution is 7.92. The van der Waals surface area contributed by atoms with Crippen LogP contribution in [-0.2, 0) is 19.6 Å². The van der Waals surface area contributed by atoms with Crippen LogP contribution in [-0.4, -0.2) is 63.3 Å². The summed E-state index contributed by atoms with van der Waals surface area (Å²) in [7, 11) is -3.57. The van der Waals surface area contributed by atoms with Gasteiger partial charge in [-0.25, -0.2) is 8.42 Å². The normalized spacial score (nSPS) is 15.7. The Hall–Kier alpha value is -1.67. The summed E-state index contributed by atoms with van der Waals surface area (Å²) in [5.41, 5.74) is 1.82. The molecule has 1 amide bonds. The highest BCUT2D eigenvalue weighted by atomic mass is 32.2. The van der Waals surface area contributed by atoms with Crippen LogP contribution in [0.2, 0.25) is 0 Å². The van der Waals surface area contributed by atoms with Crippen molar-refractivity contribution >= 4 is 21.6 Å². The van der Waals surface area contributed by atoms with E-state index in [4.69, 9.17) is 4.74 Å². The predicted octanol–water partition coefficient (Wildman–Crippen LogP) is 0.323. The summed E-state index contributed by atoms with van der Waals surface area (Å²) in [6.07, 6.45) is 1.10. The first kappa shape index (κ1) is 16.7. The van der Waals surface area contributed by atoms with E-state index in [1.807, 2.05) is 6.92 Å². The van der Waals surface area contributed by atoms with Gasteiger partial charge in [0.1, 0.15) is 6.54 Å². The number of hydrogen-bond acceptors (Lipinski definition) is 5. The lowest BCUT2D eigenvalue weighted by molar-refractivity contribution is -0.133. The second-order valence-corrected chi connectivity index (χ2v) is 7.23. The van der Waals surface area contributed by atoms with Crippen LogP contribution < -0.4 is 4.31 Å². The quantitative estimate of drug-likeness (QED) is 0.796. The first-order valence-corrected chi connectivity index (χ1v) is 8.91. The van der Waals surface area contributed by atoms with Gasteiger partial charge >= 0.3 is 0 Å². The number of aromatic nitrogens is 1. The number of anilines is 1. The van der Waals surface area contributed by atoms with E-state index >= 15 is 0 Å². The smallest absolute Gasteiger partial charge is 0.243 e. The Morgan fingerprint density at radius 2 is 1.95 bits per heavy atom. The maximum Gasteiger partial charge on any atom is 0.243 e. The van der Waals surface area contributed by atoms with Crippen LogP contribution in [0.4, 0.5) is 5.69 Å². The van der Waals surface area contributed by atoms with Crippen molar-refractivity contribution in [2.24, 2.45) is 0 Å². The number of aryl methyl sites for hydroxylation is 2. The van der Waals surface area contributed by atoms with Crippen molar-refractivity contribution in [2.45, 2.75) is 13.8 Å². The molecule has 0 spiro atoms. The van der Waals surface area contributed by atoms with E-state index in [0.717, 1.165) is 16.3 Å². The van der Waals surface area contributed by atoms with Gasteiger partial charge in [-0.05, 0) is 26.0 Å². The molecule has 1 fully saturated rings. The van der Waals surface area contributed by atoms with Crippen LogP contribution in [0.25, 0.3) is 0 Å². The van der Waals surface area contributed by atoms with E-state index in [2.05, 4.69) is 4.98 Å². The summed E-state index contributed by atoms with van der Waals surface area (Å²) in [6.45, 7) is 5.29. The van der Waals surface area contributed by atoms with Gasteiger partial charge in [-0.2, -0.15) is 0 Å². The van der Waals surface area contributed by atoms with Crippen LogP contribution in [0.3, 0.4) is 0 Å². The molecule has 1 saturated heterocycles. The molecule has 122 valence electrons. The number of carbonyl (C=O) groups excluding carboxylic acids is 1. The molecule has 1 aliphatic rings. The zero-order chi connectivity index (χ0) is 16.3. The third kappa shape index (κ3) is 3.95. The fourth-order valence-electron chi connectivity index (χ4n) is 2.36. The van der Waals surface area contributed by atoms with Crippen molar-refractivity contribution in [2.75, 3.05) is 43.4 Å². The number of morpholine rings is 1. The summed E-state index contributed by atoms with van der Waals surface area (Å²) >= 11 is 0. The molecule has 0 atom stereocenters. The minimum Gasteiger partial charge on any atom is -0.378 e. The van der Waals surface area contributed by atoms with Crippen LogP contribution >= 0.6 is 0 Å². The Balaban J connectivity index is 2.25. The maximum atomic E-state index is 12.4. The molecule has 0 aromatic carbocycles. The number of pyridine rings is 1. The van der Waals surface area contributed by atoms with Gasteiger partial charge in [0.15, 0.2) is 0 Å². The summed E-state index contributed by atoms with van der Waals surface area (Å²) < 4.78 is 30.5. The summed E-state index contributed by atoms with van der Waals surface area (Å²) in [4.78, 5) is 18.3. The SMILES string of the molecule is Cc1ccc(N(CC(=O)N2CCOCC2)S(C)(=O)=O)c(C)n1. The first-order valence-electron chi connectivity index (χ1n) is 7.06. The lowest BCUT2D eigenvalue weighted by Gasteiger charge is -2.30. The summed E-state index contributed by atoms with van der Waals surface area (Å²) in [5.74, 6) is -0.228. The minimum absolute atomic E-state index is 0.218. The van der Waals surface area contributed by atoms with Crippen molar-refractivity contribution in [1.82, 2.24) is 9.88 Å². The van der Waals surface area contributed by atoms with E-state index < -0.39 is 10.0 Å². The van der Waals surface area contributed by atoms with Crippen molar-refractivity contribution in [3.8, 4) is 0 Å². The first-order chi connectivity index (χ1) is 10.3. The Morgan fingerprint density at radius 1 is 1.32 bits per heavy atom. The number of rotatable bonds is 4. The molecule has 0 saturated carbocycles. The van der Waals surface area contributed by atoms with Gasteiger partial charge in [-0.1, -0.05) is 0 Å². The van der Waals surface area contributed by atoms with Crippen molar-refractivity contribution < 1.29 is 17.9 Å². The average Bonchev–Trinajstić information content (AvgIpc) is 2.45. The Morgan fingerprint density at radius 3 is 2.50 bits per heavy atom. The van der Waals surface area contributed by atoms with Crippen molar-refractivity contribution in [3.05, 3.63) is 23.5 Å². The molecule has 2 heterocycles. The molecule has 1 aromatic heterocycles. The third-order valence-electron chi connectivity index (χ3n) is 3.51. The lowest BCUT2D eigenvalue weighted by atomic mass is 10.2. The van der Waals surface area contributed by atoms with E-state index in [0.29, 0.717) is 37.7 Å². The number of amides is 1. The molecular formula is C14H21N3O4S. The predicted molar refractivity (Wildman–Crippen MR) is 83.3 cm³/mol. The third-order valence-corrected chi connectivity index (χ3v) is 4.64. The van der Waals surface area contributed by atoms with E-state index in [1.54, 1.807) is 24.0 Å². The molecule has 0 bridgehead atoms. The van der Waals surface area contributed by atoms with Crippen LogP contribution in [0, 0.1) is 13.8 Å². The zero-order valence-electron chi connectivity index (χ0n) is 13.1. The lowest BCUT2D eigenvalue weighted by Crippen LogP contribution is -2.47. The highest BCUT2D eigenvalue weighted by Crippen LogP contribution is 2.21. The second-order valence-electron chi connectivity index (χ2n) is 5.32. The second kappa shape index (κ2) is 6.62. The Labute approximate surface area is 130 Å². The molecule has 0 aliphatic carbocycles. The fraction of sp³-hybridized carbons (Fsp3) is 0.571. The standard InChI is InChI=1S/C14H21N3O4S/c1-11-4-5-13(12(2)15-11)17(22(3,19)20)10-14(18)16-6-8-21-9-7-16/h4-5H,6-10H2,1-3H3. The highest BCUT2D eigenvalue weighted by Gasteiger charge is 2.26. The molecule has 0 unspecified atom stereocenters. The molecule has 22 heavy (non-hydrogen) atoms. The molecule has 1 aromatic rings. The number of carbonyl (C=O) groups is 1. The van der Waals surface area contributed by atoms with E-state index in [-0.39, 0.29) is 12.5 Å². The van der Waals surface area contributed by atoms with Gasteiger partial charge in [-0.15, -0.1) is 0 Å². The number of nitrogens with zero attached hydrogens (tertiary/aromatic N) is 3. The van der Waals surface area contributed by atoms with Gasteiger partial charge in [0.25, 0.3) is 0 Å². The molecule has 2 rings (SSSR count). The van der Waals surface area contributed by atoms with E-state index in [9.17, 15) is 13.2 Å². The Kier molecular flexibility index (Phi) is 5.02. The Bertz CT molecular complexity index is 654. The maximum absolute atomic E-state index is 12.4. The van der Waals surface area contributed by atoms with Gasteiger partial charge in [0.05, 0.1) is 30.9 Å². The van der Waals surface area contributed by atoms with Crippen molar-refractivity contribution in [3.63, 3.8) is 0 Å². The molecule has 8 heteroatoms. The molecular weight excluding hydrogens is 306 g/mol.